The van der Waals surface area contributed by atoms with E-state index in [1.165, 1.54) is 12.1 Å². The molecule has 0 aliphatic carbocycles. The van der Waals surface area contributed by atoms with Crippen molar-refractivity contribution in [1.82, 2.24) is 5.32 Å². The van der Waals surface area contributed by atoms with Crippen LogP contribution >= 0.6 is 11.3 Å². The summed E-state index contributed by atoms with van der Waals surface area (Å²) in [5.41, 5.74) is 1.04. The topological polar surface area (TPSA) is 21.3 Å². The number of benzene rings is 1. The zero-order valence-electron chi connectivity index (χ0n) is 10.4. The molecule has 1 aromatic heterocycles. The van der Waals surface area contributed by atoms with Gasteiger partial charge in [0.25, 0.3) is 0 Å². The van der Waals surface area contributed by atoms with Crippen molar-refractivity contribution < 1.29 is 9.13 Å². The summed E-state index contributed by atoms with van der Waals surface area (Å²) in [7, 11) is 1.67. The second-order valence-corrected chi connectivity index (χ2v) is 4.84. The number of ether oxygens (including phenoxy) is 1. The Morgan fingerprint density at radius 3 is 2.61 bits per heavy atom. The van der Waals surface area contributed by atoms with E-state index < -0.39 is 0 Å². The van der Waals surface area contributed by atoms with Crippen LogP contribution in [0.3, 0.4) is 0 Å². The molecule has 18 heavy (non-hydrogen) atoms. The van der Waals surface area contributed by atoms with Crippen molar-refractivity contribution in [1.29, 1.82) is 0 Å². The highest BCUT2D eigenvalue weighted by molar-refractivity contribution is 7.10. The first-order chi connectivity index (χ1) is 8.76. The van der Waals surface area contributed by atoms with E-state index in [1.807, 2.05) is 23.6 Å². The second kappa shape index (κ2) is 5.98. The lowest BCUT2D eigenvalue weighted by atomic mass is 10.0. The molecule has 1 unspecified atom stereocenters. The Hall–Kier alpha value is -1.39. The molecular formula is C14H16FNOS. The van der Waals surface area contributed by atoms with E-state index in [0.29, 0.717) is 0 Å². The Morgan fingerprint density at radius 2 is 2.00 bits per heavy atom. The summed E-state index contributed by atoms with van der Waals surface area (Å²) in [6.45, 7) is 2.89. The van der Waals surface area contributed by atoms with Crippen molar-refractivity contribution in [3.63, 3.8) is 0 Å². The summed E-state index contributed by atoms with van der Waals surface area (Å²) in [6, 6.07) is 8.59. The van der Waals surface area contributed by atoms with Crippen LogP contribution in [0.2, 0.25) is 0 Å². The zero-order valence-corrected chi connectivity index (χ0v) is 11.3. The van der Waals surface area contributed by atoms with E-state index in [0.717, 1.165) is 22.7 Å². The van der Waals surface area contributed by atoms with Gasteiger partial charge in [0, 0.05) is 0 Å². The van der Waals surface area contributed by atoms with Crippen LogP contribution in [0.25, 0.3) is 0 Å². The first-order valence-corrected chi connectivity index (χ1v) is 6.74. The van der Waals surface area contributed by atoms with Crippen LogP contribution < -0.4 is 10.1 Å². The zero-order chi connectivity index (χ0) is 13.0. The van der Waals surface area contributed by atoms with Gasteiger partial charge in [-0.25, -0.2) is 4.39 Å². The summed E-state index contributed by atoms with van der Waals surface area (Å²) in [5.74, 6) is 0.655. The van der Waals surface area contributed by atoms with Gasteiger partial charge in [0.2, 0.25) is 0 Å². The van der Waals surface area contributed by atoms with Gasteiger partial charge in [-0.3, -0.25) is 0 Å². The van der Waals surface area contributed by atoms with Crippen molar-refractivity contribution in [2.24, 2.45) is 0 Å². The number of thiophene rings is 1. The molecule has 1 aromatic carbocycles. The van der Waals surface area contributed by atoms with Crippen molar-refractivity contribution in [2.75, 3.05) is 13.7 Å². The molecule has 0 radical (unpaired) electrons. The maximum atomic E-state index is 13.0. The lowest BCUT2D eigenvalue weighted by Crippen LogP contribution is -2.21. The maximum Gasteiger partial charge on any atom is 0.134 e. The third-order valence-corrected chi connectivity index (χ3v) is 3.71. The standard InChI is InChI=1S/C14H16FNOS/c1-3-16-13(10-4-6-11(15)7-5-10)14-12(17-2)8-9-18-14/h4-9,13,16H,3H2,1-2H3. The van der Waals surface area contributed by atoms with E-state index in [1.54, 1.807) is 18.4 Å². The number of halogens is 1. The Labute approximate surface area is 110 Å². The van der Waals surface area contributed by atoms with Gasteiger partial charge in [-0.1, -0.05) is 19.1 Å². The van der Waals surface area contributed by atoms with Crippen molar-refractivity contribution in [3.8, 4) is 5.75 Å². The predicted octanol–water partition coefficient (Wildman–Crippen LogP) is 3.59. The van der Waals surface area contributed by atoms with Gasteiger partial charge >= 0.3 is 0 Å². The Balaban J connectivity index is 2.36. The number of hydrogen-bond acceptors (Lipinski definition) is 3. The highest BCUT2D eigenvalue weighted by Crippen LogP contribution is 2.34. The molecule has 4 heteroatoms. The molecule has 2 rings (SSSR count). The van der Waals surface area contributed by atoms with Crippen molar-refractivity contribution in [3.05, 3.63) is 52.0 Å². The smallest absolute Gasteiger partial charge is 0.134 e. The minimum atomic E-state index is -0.216. The summed E-state index contributed by atoms with van der Waals surface area (Å²) in [4.78, 5) is 1.12. The monoisotopic (exact) mass is 265 g/mol. The summed E-state index contributed by atoms with van der Waals surface area (Å²) >= 11 is 1.64. The first-order valence-electron chi connectivity index (χ1n) is 5.86. The average Bonchev–Trinajstić information content (AvgIpc) is 2.85. The molecule has 2 aromatic rings. The quantitative estimate of drug-likeness (QED) is 0.892. The largest absolute Gasteiger partial charge is 0.496 e. The Morgan fingerprint density at radius 1 is 1.28 bits per heavy atom. The van der Waals surface area contributed by atoms with E-state index in [9.17, 15) is 4.39 Å². The molecule has 0 aliphatic heterocycles. The van der Waals surface area contributed by atoms with E-state index in [4.69, 9.17) is 4.74 Å². The normalized spacial score (nSPS) is 12.4. The van der Waals surface area contributed by atoms with Crippen LogP contribution in [-0.2, 0) is 0 Å². The van der Waals surface area contributed by atoms with Gasteiger partial charge in [-0.15, -0.1) is 11.3 Å². The number of methoxy groups -OCH3 is 1. The Kier molecular flexibility index (Phi) is 4.33. The number of hydrogen-bond donors (Lipinski definition) is 1. The fourth-order valence-electron chi connectivity index (χ4n) is 1.91. The predicted molar refractivity (Wildman–Crippen MR) is 72.8 cm³/mol. The van der Waals surface area contributed by atoms with Gasteiger partial charge in [-0.05, 0) is 35.7 Å². The van der Waals surface area contributed by atoms with E-state index in [-0.39, 0.29) is 11.9 Å². The summed E-state index contributed by atoms with van der Waals surface area (Å²) < 4.78 is 18.3. The third kappa shape index (κ3) is 2.71. The highest BCUT2D eigenvalue weighted by atomic mass is 32.1. The SMILES string of the molecule is CCNC(c1ccc(F)cc1)c1sccc1OC. The second-order valence-electron chi connectivity index (χ2n) is 3.90. The van der Waals surface area contributed by atoms with Gasteiger partial charge < -0.3 is 10.1 Å². The minimum Gasteiger partial charge on any atom is -0.496 e. The fourth-order valence-corrected chi connectivity index (χ4v) is 2.87. The lowest BCUT2D eigenvalue weighted by Gasteiger charge is -2.18. The van der Waals surface area contributed by atoms with E-state index in [2.05, 4.69) is 12.2 Å². The molecule has 0 saturated heterocycles. The number of nitrogens with one attached hydrogen (secondary N) is 1. The molecule has 0 bridgehead atoms. The average molecular weight is 265 g/mol. The molecule has 0 amide bonds. The third-order valence-electron chi connectivity index (χ3n) is 2.75. The molecule has 1 atom stereocenters. The van der Waals surface area contributed by atoms with Crippen LogP contribution in [0.4, 0.5) is 4.39 Å². The molecule has 1 heterocycles. The molecule has 1 N–H and O–H groups in total. The molecule has 0 aliphatic rings. The highest BCUT2D eigenvalue weighted by Gasteiger charge is 2.18. The Bertz CT molecular complexity index is 495. The summed E-state index contributed by atoms with van der Waals surface area (Å²) in [5, 5.41) is 5.41. The van der Waals surface area contributed by atoms with Gasteiger partial charge in [0.15, 0.2) is 0 Å². The minimum absolute atomic E-state index is 0.0468. The van der Waals surface area contributed by atoms with Crippen molar-refractivity contribution >= 4 is 11.3 Å². The molecule has 2 nitrogen and oxygen atoms in total. The van der Waals surface area contributed by atoms with Gasteiger partial charge in [0.05, 0.1) is 18.0 Å². The van der Waals surface area contributed by atoms with E-state index >= 15 is 0 Å². The van der Waals surface area contributed by atoms with Crippen LogP contribution in [0, 0.1) is 5.82 Å². The molecule has 0 spiro atoms. The van der Waals surface area contributed by atoms with Crippen LogP contribution in [0.1, 0.15) is 23.4 Å². The molecule has 0 saturated carbocycles. The molecular weight excluding hydrogens is 249 g/mol. The van der Waals surface area contributed by atoms with Crippen LogP contribution in [-0.4, -0.2) is 13.7 Å². The van der Waals surface area contributed by atoms with Crippen molar-refractivity contribution in [2.45, 2.75) is 13.0 Å². The maximum absolute atomic E-state index is 13.0. The molecule has 96 valence electrons. The van der Waals surface area contributed by atoms with Gasteiger partial charge in [0.1, 0.15) is 11.6 Å². The number of rotatable bonds is 5. The fraction of sp³-hybridized carbons (Fsp3) is 0.286. The van der Waals surface area contributed by atoms with Gasteiger partial charge in [-0.2, -0.15) is 0 Å². The van der Waals surface area contributed by atoms with Crippen LogP contribution in [0.5, 0.6) is 5.75 Å². The van der Waals surface area contributed by atoms with Crippen LogP contribution in [0.15, 0.2) is 35.7 Å². The molecule has 0 fully saturated rings. The summed E-state index contributed by atoms with van der Waals surface area (Å²) in [6.07, 6.45) is 0. The first kappa shape index (κ1) is 13.1. The lowest BCUT2D eigenvalue weighted by molar-refractivity contribution is 0.408.